The number of rotatable bonds is 0. The van der Waals surface area contributed by atoms with Gasteiger partial charge in [0.25, 0.3) is 0 Å². The third kappa shape index (κ3) is 1.17. The predicted octanol–water partition coefficient (Wildman–Crippen LogP) is 2.47. The Labute approximate surface area is 85.2 Å². The number of nitriles is 1. The van der Waals surface area contributed by atoms with Crippen LogP contribution >= 0.6 is 11.6 Å². The van der Waals surface area contributed by atoms with Crippen LogP contribution in [0.15, 0.2) is 24.4 Å². The van der Waals surface area contributed by atoms with E-state index in [-0.39, 0.29) is 11.3 Å². The van der Waals surface area contributed by atoms with Crippen LogP contribution in [-0.2, 0) is 0 Å². The van der Waals surface area contributed by atoms with Gasteiger partial charge < -0.3 is 5.11 Å². The molecule has 0 fully saturated rings. The van der Waals surface area contributed by atoms with Crippen molar-refractivity contribution in [1.82, 2.24) is 4.98 Å². The highest BCUT2D eigenvalue weighted by atomic mass is 35.5. The fraction of sp³-hybridized carbons (Fsp3) is 0. The first-order valence-electron chi connectivity index (χ1n) is 3.90. The van der Waals surface area contributed by atoms with E-state index in [2.05, 4.69) is 4.98 Å². The number of benzene rings is 1. The van der Waals surface area contributed by atoms with E-state index < -0.39 is 0 Å². The molecule has 2 rings (SSSR count). The van der Waals surface area contributed by atoms with Crippen LogP contribution in [-0.4, -0.2) is 10.1 Å². The van der Waals surface area contributed by atoms with Crippen molar-refractivity contribution in [2.75, 3.05) is 0 Å². The van der Waals surface area contributed by atoms with Gasteiger partial charge in [-0.2, -0.15) is 5.26 Å². The molecular weight excluding hydrogens is 200 g/mol. The number of aromatic hydroxyl groups is 1. The van der Waals surface area contributed by atoms with Crippen LogP contribution in [0.25, 0.3) is 10.9 Å². The highest BCUT2D eigenvalue weighted by Gasteiger charge is 2.10. The van der Waals surface area contributed by atoms with Crippen molar-refractivity contribution in [3.8, 4) is 11.8 Å². The molecular formula is C10H5ClN2O. The van der Waals surface area contributed by atoms with E-state index >= 15 is 0 Å². The summed E-state index contributed by atoms with van der Waals surface area (Å²) >= 11 is 5.91. The Bertz CT molecular complexity index is 546. The van der Waals surface area contributed by atoms with Crippen molar-refractivity contribution >= 4 is 22.5 Å². The Morgan fingerprint density at radius 3 is 3.00 bits per heavy atom. The molecule has 0 bridgehead atoms. The average Bonchev–Trinajstić information content (AvgIpc) is 2.23. The van der Waals surface area contributed by atoms with Gasteiger partial charge >= 0.3 is 0 Å². The number of fused-ring (bicyclic) bond motifs is 1. The van der Waals surface area contributed by atoms with E-state index in [4.69, 9.17) is 16.9 Å². The van der Waals surface area contributed by atoms with Gasteiger partial charge in [0.05, 0.1) is 10.6 Å². The quantitative estimate of drug-likeness (QED) is 0.717. The maximum atomic E-state index is 9.63. The van der Waals surface area contributed by atoms with Crippen molar-refractivity contribution in [1.29, 1.82) is 5.26 Å². The highest BCUT2D eigenvalue weighted by molar-refractivity contribution is 6.35. The van der Waals surface area contributed by atoms with Gasteiger partial charge in [0.15, 0.2) is 5.75 Å². The van der Waals surface area contributed by atoms with Crippen LogP contribution in [0, 0.1) is 11.3 Å². The zero-order valence-electron chi connectivity index (χ0n) is 7.03. The van der Waals surface area contributed by atoms with E-state index in [1.807, 2.05) is 6.07 Å². The molecule has 0 saturated carbocycles. The molecule has 14 heavy (non-hydrogen) atoms. The number of hydrogen-bond acceptors (Lipinski definition) is 3. The second-order valence-corrected chi connectivity index (χ2v) is 3.17. The van der Waals surface area contributed by atoms with E-state index in [0.29, 0.717) is 15.9 Å². The van der Waals surface area contributed by atoms with Gasteiger partial charge in [0.1, 0.15) is 11.6 Å². The summed E-state index contributed by atoms with van der Waals surface area (Å²) in [6.07, 6.45) is 1.54. The SMILES string of the molecule is N#Cc1cc(Cl)c2cccnc2c1O. The fourth-order valence-electron chi connectivity index (χ4n) is 1.27. The summed E-state index contributed by atoms with van der Waals surface area (Å²) < 4.78 is 0. The number of aromatic nitrogens is 1. The summed E-state index contributed by atoms with van der Waals surface area (Å²) in [5, 5.41) is 19.4. The van der Waals surface area contributed by atoms with Gasteiger partial charge in [0.2, 0.25) is 0 Å². The van der Waals surface area contributed by atoms with E-state index in [9.17, 15) is 5.11 Å². The van der Waals surface area contributed by atoms with Crippen LogP contribution in [0.5, 0.6) is 5.75 Å². The van der Waals surface area contributed by atoms with E-state index in [1.54, 1.807) is 18.3 Å². The normalized spacial score (nSPS) is 10.0. The lowest BCUT2D eigenvalue weighted by atomic mass is 10.1. The van der Waals surface area contributed by atoms with Gasteiger partial charge in [-0.15, -0.1) is 0 Å². The molecule has 0 saturated heterocycles. The number of phenols is 1. The van der Waals surface area contributed by atoms with Gasteiger partial charge in [-0.05, 0) is 18.2 Å². The Morgan fingerprint density at radius 2 is 2.29 bits per heavy atom. The lowest BCUT2D eigenvalue weighted by Crippen LogP contribution is -1.84. The van der Waals surface area contributed by atoms with Gasteiger partial charge in [-0.1, -0.05) is 11.6 Å². The third-order valence-corrected chi connectivity index (χ3v) is 2.25. The second-order valence-electron chi connectivity index (χ2n) is 2.77. The molecule has 3 nitrogen and oxygen atoms in total. The Balaban J connectivity index is 2.96. The number of hydrogen-bond donors (Lipinski definition) is 1. The molecule has 0 aliphatic rings. The molecule has 4 heteroatoms. The minimum atomic E-state index is -0.118. The van der Waals surface area contributed by atoms with Crippen LogP contribution < -0.4 is 0 Å². The first kappa shape index (κ1) is 8.79. The summed E-state index contributed by atoms with van der Waals surface area (Å²) in [6.45, 7) is 0. The third-order valence-electron chi connectivity index (χ3n) is 1.94. The zero-order valence-corrected chi connectivity index (χ0v) is 7.78. The number of halogens is 1. The van der Waals surface area contributed by atoms with Crippen molar-refractivity contribution < 1.29 is 5.11 Å². The minimum absolute atomic E-state index is 0.118. The molecule has 1 N–H and O–H groups in total. The monoisotopic (exact) mass is 204 g/mol. The highest BCUT2D eigenvalue weighted by Crippen LogP contribution is 2.31. The van der Waals surface area contributed by atoms with E-state index in [1.165, 1.54) is 6.07 Å². The van der Waals surface area contributed by atoms with Crippen molar-refractivity contribution in [3.05, 3.63) is 35.0 Å². The van der Waals surface area contributed by atoms with Gasteiger partial charge in [-0.25, -0.2) is 0 Å². The lowest BCUT2D eigenvalue weighted by molar-refractivity contribution is 0.478. The van der Waals surface area contributed by atoms with Crippen molar-refractivity contribution in [3.63, 3.8) is 0 Å². The van der Waals surface area contributed by atoms with Crippen molar-refractivity contribution in [2.45, 2.75) is 0 Å². The maximum absolute atomic E-state index is 9.63. The van der Waals surface area contributed by atoms with Crippen LogP contribution in [0.1, 0.15) is 5.56 Å². The molecule has 0 unspecified atom stereocenters. The topological polar surface area (TPSA) is 56.9 Å². The molecule has 1 aromatic heterocycles. The number of pyridine rings is 1. The minimum Gasteiger partial charge on any atom is -0.504 e. The smallest absolute Gasteiger partial charge is 0.159 e. The summed E-state index contributed by atoms with van der Waals surface area (Å²) in [7, 11) is 0. The molecule has 68 valence electrons. The van der Waals surface area contributed by atoms with Crippen LogP contribution in [0.2, 0.25) is 5.02 Å². The second kappa shape index (κ2) is 3.17. The summed E-state index contributed by atoms with van der Waals surface area (Å²) in [5.74, 6) is -0.118. The first-order chi connectivity index (χ1) is 6.74. The first-order valence-corrected chi connectivity index (χ1v) is 4.28. The van der Waals surface area contributed by atoms with Gasteiger partial charge in [0, 0.05) is 11.6 Å². The molecule has 2 aromatic rings. The Morgan fingerprint density at radius 1 is 1.50 bits per heavy atom. The zero-order chi connectivity index (χ0) is 10.1. The number of phenolic OH excluding ortho intramolecular Hbond substituents is 1. The average molecular weight is 205 g/mol. The molecule has 1 aromatic carbocycles. The fourth-order valence-corrected chi connectivity index (χ4v) is 1.53. The summed E-state index contributed by atoms with van der Waals surface area (Å²) in [6, 6.07) is 6.75. The molecule has 0 atom stereocenters. The maximum Gasteiger partial charge on any atom is 0.159 e. The Hall–Kier alpha value is -1.79. The summed E-state index contributed by atoms with van der Waals surface area (Å²) in [5.41, 5.74) is 0.498. The standard InChI is InChI=1S/C10H5ClN2O/c11-8-4-6(5-12)10(14)9-7(8)2-1-3-13-9/h1-4,14H. The van der Waals surface area contributed by atoms with Crippen LogP contribution in [0.3, 0.4) is 0 Å². The molecule has 0 amide bonds. The Kier molecular flexibility index (Phi) is 1.99. The molecule has 0 aliphatic carbocycles. The molecule has 1 heterocycles. The van der Waals surface area contributed by atoms with Crippen molar-refractivity contribution in [2.24, 2.45) is 0 Å². The molecule has 0 spiro atoms. The molecule has 0 aliphatic heterocycles. The van der Waals surface area contributed by atoms with Gasteiger partial charge in [-0.3, -0.25) is 4.98 Å². The van der Waals surface area contributed by atoms with Crippen LogP contribution in [0.4, 0.5) is 0 Å². The largest absolute Gasteiger partial charge is 0.504 e. The van der Waals surface area contributed by atoms with E-state index in [0.717, 1.165) is 0 Å². The molecule has 0 radical (unpaired) electrons. The number of nitrogens with zero attached hydrogens (tertiary/aromatic N) is 2. The summed E-state index contributed by atoms with van der Waals surface area (Å²) in [4.78, 5) is 3.96. The lowest BCUT2D eigenvalue weighted by Gasteiger charge is -2.03. The predicted molar refractivity (Wildman–Crippen MR) is 53.1 cm³/mol.